The van der Waals surface area contributed by atoms with Crippen molar-refractivity contribution in [2.24, 2.45) is 0 Å². The molecule has 0 spiro atoms. The Bertz CT molecular complexity index is 120. The summed E-state index contributed by atoms with van der Waals surface area (Å²) in [7, 11) is 0. The fraction of sp³-hybridized carbons (Fsp3) is 0. The summed E-state index contributed by atoms with van der Waals surface area (Å²) in [6, 6.07) is 0. The maximum atomic E-state index is 10.2. The van der Waals surface area contributed by atoms with E-state index in [4.69, 9.17) is 24.0 Å². The molecule has 0 amide bonds. The summed E-state index contributed by atoms with van der Waals surface area (Å²) in [5, 5.41) is 0. The van der Waals surface area contributed by atoms with E-state index in [2.05, 4.69) is 0 Å². The van der Waals surface area contributed by atoms with Crippen LogP contribution in [0.15, 0.2) is 0 Å². The molecule has 6 nitrogen and oxygen atoms in total. The molecule has 0 aliphatic carbocycles. The molecule has 0 saturated heterocycles. The van der Waals surface area contributed by atoms with Crippen LogP contribution >= 0.6 is 0 Å². The maximum absolute atomic E-state index is 10.2. The molecule has 0 aromatic rings. The van der Waals surface area contributed by atoms with E-state index in [1.807, 2.05) is 0 Å². The second kappa shape index (κ2) is 11.7. The number of halogens is 1. The number of rotatable bonds is 0. The fourth-order valence-electron chi connectivity index (χ4n) is 0. The van der Waals surface area contributed by atoms with Gasteiger partial charge >= 0.3 is 103 Å². The van der Waals surface area contributed by atoms with E-state index in [1.165, 1.54) is 0 Å². The number of hydrogen-bond donors (Lipinski definition) is 0. The molecule has 0 aromatic heterocycles. The van der Waals surface area contributed by atoms with E-state index in [9.17, 15) is 3.47 Å². The summed E-state index contributed by atoms with van der Waals surface area (Å²) in [6.45, 7) is 0. The number of hydrogen-bond acceptors (Lipinski definition) is 6. The quantitative estimate of drug-likeness (QED) is 0.410. The van der Waals surface area contributed by atoms with E-state index in [0.29, 0.717) is 0 Å². The third kappa shape index (κ3) is 386. The van der Waals surface area contributed by atoms with Crippen LogP contribution in [0.5, 0.6) is 0 Å². The Hall–Kier alpha value is 1.68. The van der Waals surface area contributed by atoms with Gasteiger partial charge in [0.1, 0.15) is 0 Å². The van der Waals surface area contributed by atoms with Crippen molar-refractivity contribution in [1.82, 2.24) is 0 Å². The van der Waals surface area contributed by atoms with Gasteiger partial charge in [0.15, 0.2) is 0 Å². The molecule has 0 unspecified atom stereocenters. The van der Waals surface area contributed by atoms with Gasteiger partial charge in [-0.25, -0.2) is 0 Å². The molecule has 0 aromatic carbocycles. The van der Waals surface area contributed by atoms with Crippen LogP contribution in [0.25, 0.3) is 0 Å². The Balaban J connectivity index is -0.0000000383. The molecule has 0 aliphatic heterocycles. The van der Waals surface area contributed by atoms with Gasteiger partial charge in [-0.15, -0.1) is 0 Å². The molecule has 0 aliphatic rings. The van der Waals surface area contributed by atoms with E-state index in [1.54, 1.807) is 0 Å². The van der Waals surface area contributed by atoms with Crippen LogP contribution in [0.2, 0.25) is 0 Å². The van der Waals surface area contributed by atoms with Gasteiger partial charge in [-0.05, 0) is 0 Å². The molecule has 0 N–H and O–H groups in total. The predicted octanol–water partition coefficient (Wildman–Crippen LogP) is -6.10. The molecule has 11 heteroatoms. The Morgan fingerprint density at radius 3 is 1.18 bits per heavy atom. The monoisotopic (exact) mass is 312 g/mol. The van der Waals surface area contributed by atoms with Crippen LogP contribution in [0.1, 0.15) is 0 Å². The molecule has 0 bridgehead atoms. The summed E-state index contributed by atoms with van der Waals surface area (Å²) in [5.41, 5.74) is 0. The third-order valence-corrected chi connectivity index (χ3v) is 0. The molecule has 0 fully saturated rings. The zero-order valence-electron chi connectivity index (χ0n) is 5.19. The molecule has 0 heterocycles. The van der Waals surface area contributed by atoms with Gasteiger partial charge in [-0.2, -0.15) is 0 Å². The molecule has 11 heavy (non-hydrogen) atoms. The van der Waals surface area contributed by atoms with Crippen LogP contribution < -0.4 is 16.5 Å². The van der Waals surface area contributed by atoms with Gasteiger partial charge in [-0.3, -0.25) is 0 Å². The third-order valence-electron chi connectivity index (χ3n) is 0. The van der Waals surface area contributed by atoms with Crippen LogP contribution in [0, 0.1) is 0 Å². The van der Waals surface area contributed by atoms with Crippen molar-refractivity contribution in [2.75, 3.05) is 0 Å². The molecular weight excluding hydrogens is 311 g/mol. The average molecular weight is 311 g/mol. The van der Waals surface area contributed by atoms with Crippen molar-refractivity contribution in [3.05, 3.63) is 0 Å². The molecule has 0 radical (unpaired) electrons. The van der Waals surface area contributed by atoms with E-state index < -0.39 is 29.6 Å². The molecule has 0 rings (SSSR count). The normalized spacial score (nSPS) is 7.55. The summed E-state index contributed by atoms with van der Waals surface area (Å²) < 4.78 is 61.4. The Labute approximate surface area is 102 Å². The summed E-state index contributed by atoms with van der Waals surface area (Å²) >= 11 is -10.2. The van der Waals surface area contributed by atoms with E-state index >= 15 is 0 Å². The van der Waals surface area contributed by atoms with E-state index in [-0.39, 0.29) is 46.1 Å². The van der Waals surface area contributed by atoms with Crippen molar-refractivity contribution < 1.29 is 27.4 Å². The van der Waals surface area contributed by atoms with Gasteiger partial charge in [0.25, 0.3) is 0 Å². The predicted molar refractivity (Wildman–Crippen MR) is 25.5 cm³/mol. The minimum absolute atomic E-state index is 0. The van der Waals surface area contributed by atoms with Crippen LogP contribution in [-0.4, -0.2) is 75.7 Å². The molecule has 0 atom stereocenters. The van der Waals surface area contributed by atoms with Crippen molar-refractivity contribution in [2.45, 2.75) is 0 Å². The average Bonchev–Trinajstić information content (AvgIpc) is 1.19. The van der Waals surface area contributed by atoms with Gasteiger partial charge in [-0.1, -0.05) is 0 Å². The first-order valence-electron chi connectivity index (χ1n) is 1.33. The second-order valence-electron chi connectivity index (χ2n) is 0.681. The Morgan fingerprint density at radius 2 is 1.18 bits per heavy atom. The summed E-state index contributed by atoms with van der Waals surface area (Å²) in [5.74, 6) is 0. The van der Waals surface area contributed by atoms with Gasteiger partial charge in [0.2, 0.25) is 0 Å². The fourth-order valence-corrected chi connectivity index (χ4v) is 0. The van der Waals surface area contributed by atoms with Crippen molar-refractivity contribution in [1.29, 1.82) is 0 Å². The van der Waals surface area contributed by atoms with Crippen LogP contribution in [0.3, 0.4) is 0 Å². The van der Waals surface area contributed by atoms with Gasteiger partial charge < -0.3 is 0 Å². The SMILES string of the molecule is O=[As]([O-])([O-])F.[Mg+2].[Mg+2].[O]=[Ge]([O-])[O-]. The van der Waals surface area contributed by atoms with Crippen molar-refractivity contribution in [3.8, 4) is 0 Å². The molecular formula is AsFGeMg2O6. The first kappa shape index (κ1) is 23.0. The first-order chi connectivity index (χ1) is 3.73. The van der Waals surface area contributed by atoms with Gasteiger partial charge in [0.05, 0.1) is 0 Å². The van der Waals surface area contributed by atoms with E-state index in [0.717, 1.165) is 0 Å². The molecule has 0 saturated carbocycles. The summed E-state index contributed by atoms with van der Waals surface area (Å²) in [6.07, 6.45) is 0. The zero-order valence-corrected chi connectivity index (χ0v) is 12.0. The zero-order chi connectivity index (χ0) is 8.08. The van der Waals surface area contributed by atoms with Crippen LogP contribution in [0.4, 0.5) is 3.47 Å². The summed E-state index contributed by atoms with van der Waals surface area (Å²) in [4.78, 5) is 0. The second-order valence-corrected chi connectivity index (χ2v) is 3.54. The van der Waals surface area contributed by atoms with Gasteiger partial charge in [0, 0.05) is 0 Å². The Morgan fingerprint density at radius 1 is 1.18 bits per heavy atom. The van der Waals surface area contributed by atoms with Crippen LogP contribution in [-0.2, 0) is 7.52 Å². The minimum atomic E-state index is -6.12. The first-order valence-corrected chi connectivity index (χ1v) is 6.91. The molecule has 56 valence electrons. The standard InChI is InChI=1S/AsFH2O3.GeO3.2Mg/c2-1(3,4)5;2-1(3)4;;/h(H2,3,4,5);;;/q;-2;2*+2/p-2. The van der Waals surface area contributed by atoms with Crippen molar-refractivity contribution in [3.63, 3.8) is 0 Å². The Kier molecular flexibility index (Phi) is 24.4. The topological polar surface area (TPSA) is 126 Å². The van der Waals surface area contributed by atoms with Crippen molar-refractivity contribution >= 4 is 75.7 Å².